The monoisotopic (exact) mass is 637 g/mol. The Kier molecular flexibility index (Phi) is 8.78. The summed E-state index contributed by atoms with van der Waals surface area (Å²) in [6.07, 6.45) is 5.52. The van der Waals surface area contributed by atoms with Crippen molar-refractivity contribution in [3.63, 3.8) is 0 Å². The Morgan fingerprint density at radius 2 is 1.79 bits per heavy atom. The zero-order valence-electron chi connectivity index (χ0n) is 27.4. The summed E-state index contributed by atoms with van der Waals surface area (Å²) < 4.78 is 17.7. The Hall–Kier alpha value is -4.74. The van der Waals surface area contributed by atoms with Crippen LogP contribution in [-0.4, -0.2) is 54.2 Å². The number of anilines is 2. The van der Waals surface area contributed by atoms with E-state index in [-0.39, 0.29) is 27.7 Å². The minimum atomic E-state index is -0.645. The van der Waals surface area contributed by atoms with Gasteiger partial charge in [0, 0.05) is 29.8 Å². The molecular weight excluding hydrogens is 597 g/mol. The van der Waals surface area contributed by atoms with Crippen molar-refractivity contribution >= 4 is 22.3 Å². The van der Waals surface area contributed by atoms with Gasteiger partial charge in [-0.3, -0.25) is 9.59 Å². The van der Waals surface area contributed by atoms with E-state index in [1.54, 1.807) is 37.4 Å². The van der Waals surface area contributed by atoms with E-state index in [1.807, 2.05) is 33.0 Å². The van der Waals surface area contributed by atoms with Crippen LogP contribution in [0.3, 0.4) is 0 Å². The first-order valence-corrected chi connectivity index (χ1v) is 16.0. The molecular formula is C36H40FN7O3. The van der Waals surface area contributed by atoms with E-state index in [9.17, 15) is 14.7 Å². The number of benzene rings is 2. The van der Waals surface area contributed by atoms with E-state index < -0.39 is 18.0 Å². The molecule has 6 rings (SSSR count). The highest BCUT2D eigenvalue weighted by Gasteiger charge is 2.22. The SMILES string of the molecule is CCN1CCC(c2ccc(Nc3cc(-c4cccc(-n5ncc6cc(C(C)(C)C)cc(F)c6c5=O)c4CO)nn(C)c3=O)nc2)CC1. The zero-order chi connectivity index (χ0) is 33.5. The lowest BCUT2D eigenvalue weighted by molar-refractivity contribution is 0.222. The van der Waals surface area contributed by atoms with Crippen LogP contribution in [0.15, 0.2) is 70.5 Å². The number of aromatic nitrogens is 5. The zero-order valence-corrected chi connectivity index (χ0v) is 27.4. The molecule has 0 bridgehead atoms. The summed E-state index contributed by atoms with van der Waals surface area (Å²) in [5.74, 6) is 0.355. The van der Waals surface area contributed by atoms with Gasteiger partial charge in [0.25, 0.3) is 11.1 Å². The molecule has 1 saturated heterocycles. The molecule has 47 heavy (non-hydrogen) atoms. The molecule has 1 fully saturated rings. The van der Waals surface area contributed by atoms with E-state index in [1.165, 1.54) is 22.5 Å². The Balaban J connectivity index is 1.34. The Labute approximate surface area is 272 Å². The third kappa shape index (κ3) is 6.33. The highest BCUT2D eigenvalue weighted by atomic mass is 19.1. The number of aliphatic hydroxyl groups is 1. The Morgan fingerprint density at radius 1 is 1.02 bits per heavy atom. The molecule has 11 heteroatoms. The van der Waals surface area contributed by atoms with Crippen LogP contribution >= 0.6 is 0 Å². The van der Waals surface area contributed by atoms with Crippen LogP contribution in [0.1, 0.15) is 63.1 Å². The maximum atomic E-state index is 15.4. The van der Waals surface area contributed by atoms with Gasteiger partial charge in [0.1, 0.15) is 17.3 Å². The van der Waals surface area contributed by atoms with Crippen molar-refractivity contribution in [1.82, 2.24) is 29.4 Å². The topological polar surface area (TPSA) is 118 Å². The maximum absolute atomic E-state index is 15.4. The van der Waals surface area contributed by atoms with Gasteiger partial charge < -0.3 is 15.3 Å². The molecule has 0 radical (unpaired) electrons. The van der Waals surface area contributed by atoms with Gasteiger partial charge in [0.2, 0.25) is 0 Å². The highest BCUT2D eigenvalue weighted by molar-refractivity contribution is 5.83. The number of pyridine rings is 1. The van der Waals surface area contributed by atoms with Gasteiger partial charge in [-0.05, 0) is 85.3 Å². The van der Waals surface area contributed by atoms with Gasteiger partial charge in [-0.25, -0.2) is 14.1 Å². The number of nitrogens with one attached hydrogen (secondary N) is 1. The van der Waals surface area contributed by atoms with E-state index in [2.05, 4.69) is 38.4 Å². The lowest BCUT2D eigenvalue weighted by Gasteiger charge is -2.31. The average Bonchev–Trinajstić information content (AvgIpc) is 3.06. The lowest BCUT2D eigenvalue weighted by Crippen LogP contribution is -2.32. The van der Waals surface area contributed by atoms with E-state index in [0.29, 0.717) is 33.9 Å². The minimum absolute atomic E-state index is 0.0843. The molecule has 0 unspecified atom stereocenters. The van der Waals surface area contributed by atoms with E-state index in [0.717, 1.165) is 42.7 Å². The number of aryl methyl sites for hydroxylation is 1. The largest absolute Gasteiger partial charge is 0.392 e. The van der Waals surface area contributed by atoms with Crippen molar-refractivity contribution in [2.45, 2.75) is 58.5 Å². The van der Waals surface area contributed by atoms with Crippen molar-refractivity contribution < 1.29 is 9.50 Å². The summed E-state index contributed by atoms with van der Waals surface area (Å²) in [6.45, 7) is 10.9. The van der Waals surface area contributed by atoms with Gasteiger partial charge in [0.05, 0.1) is 29.6 Å². The summed E-state index contributed by atoms with van der Waals surface area (Å²) in [6, 6.07) is 13.8. The fraction of sp³-hybridized carbons (Fsp3) is 0.361. The van der Waals surface area contributed by atoms with Gasteiger partial charge in [-0.1, -0.05) is 45.9 Å². The van der Waals surface area contributed by atoms with Crippen LogP contribution in [0, 0.1) is 5.82 Å². The molecule has 10 nitrogen and oxygen atoms in total. The summed E-state index contributed by atoms with van der Waals surface area (Å²) in [4.78, 5) is 33.8. The molecule has 0 saturated carbocycles. The molecule has 0 aliphatic carbocycles. The number of rotatable bonds is 7. The summed E-state index contributed by atoms with van der Waals surface area (Å²) in [7, 11) is 1.54. The van der Waals surface area contributed by atoms with Crippen molar-refractivity contribution in [3.8, 4) is 16.9 Å². The van der Waals surface area contributed by atoms with Crippen LogP contribution in [0.5, 0.6) is 0 Å². The summed E-state index contributed by atoms with van der Waals surface area (Å²) in [5.41, 5.74) is 2.38. The molecule has 5 aromatic rings. The molecule has 4 heterocycles. The fourth-order valence-corrected chi connectivity index (χ4v) is 6.29. The second-order valence-corrected chi connectivity index (χ2v) is 13.2. The van der Waals surface area contributed by atoms with Crippen molar-refractivity contribution in [2.24, 2.45) is 7.05 Å². The number of fused-ring (bicyclic) bond motifs is 1. The van der Waals surface area contributed by atoms with Crippen LogP contribution in [-0.2, 0) is 19.1 Å². The number of nitrogens with zero attached hydrogens (tertiary/aromatic N) is 6. The molecule has 0 spiro atoms. The van der Waals surface area contributed by atoms with Crippen LogP contribution in [0.2, 0.25) is 0 Å². The predicted octanol–water partition coefficient (Wildman–Crippen LogP) is 5.41. The maximum Gasteiger partial charge on any atom is 0.290 e. The number of hydrogen-bond acceptors (Lipinski definition) is 8. The van der Waals surface area contributed by atoms with Gasteiger partial charge in [-0.2, -0.15) is 14.9 Å². The number of piperidine rings is 1. The predicted molar refractivity (Wildman–Crippen MR) is 182 cm³/mol. The number of halogens is 1. The molecule has 2 N–H and O–H groups in total. The van der Waals surface area contributed by atoms with Gasteiger partial charge >= 0.3 is 0 Å². The minimum Gasteiger partial charge on any atom is -0.392 e. The lowest BCUT2D eigenvalue weighted by atomic mass is 9.86. The van der Waals surface area contributed by atoms with Gasteiger partial charge in [0.15, 0.2) is 0 Å². The first-order valence-electron chi connectivity index (χ1n) is 16.0. The average molecular weight is 638 g/mol. The number of aliphatic hydroxyl groups excluding tert-OH is 1. The fourth-order valence-electron chi connectivity index (χ4n) is 6.29. The van der Waals surface area contributed by atoms with Crippen LogP contribution in [0.25, 0.3) is 27.7 Å². The molecule has 244 valence electrons. The van der Waals surface area contributed by atoms with Gasteiger partial charge in [-0.15, -0.1) is 0 Å². The van der Waals surface area contributed by atoms with Crippen molar-refractivity contribution in [2.75, 3.05) is 25.0 Å². The number of likely N-dealkylation sites (tertiary alicyclic amines) is 1. The molecule has 0 amide bonds. The highest BCUT2D eigenvalue weighted by Crippen LogP contribution is 2.31. The summed E-state index contributed by atoms with van der Waals surface area (Å²) >= 11 is 0. The second kappa shape index (κ2) is 12.8. The van der Waals surface area contributed by atoms with Crippen molar-refractivity contribution in [1.29, 1.82) is 0 Å². The molecule has 3 aromatic heterocycles. The third-order valence-electron chi connectivity index (χ3n) is 9.14. The molecule has 1 aliphatic rings. The number of hydrogen-bond donors (Lipinski definition) is 2. The van der Waals surface area contributed by atoms with E-state index >= 15 is 4.39 Å². The van der Waals surface area contributed by atoms with Crippen LogP contribution in [0.4, 0.5) is 15.9 Å². The van der Waals surface area contributed by atoms with E-state index in [4.69, 9.17) is 0 Å². The molecule has 0 atom stereocenters. The Bertz CT molecular complexity index is 2060. The molecule has 1 aliphatic heterocycles. The quantitative estimate of drug-likeness (QED) is 0.243. The summed E-state index contributed by atoms with van der Waals surface area (Å²) in [5, 5.41) is 22.8. The molecule has 2 aromatic carbocycles. The third-order valence-corrected chi connectivity index (χ3v) is 9.14. The standard InChI is InChI=1S/C36H40FN7O3/c1-6-43-14-12-22(13-15-43)23-10-11-32(38-19-23)40-30-18-29(41-42(5)34(30)46)26-8-7-9-31(27(26)21-45)44-35(47)33-24(20-39-44)16-25(17-28(33)37)36(2,3)4/h7-11,16-20,22,45H,6,12-15,21H2,1-5H3,(H,38,40). The first-order chi connectivity index (χ1) is 22.5. The smallest absolute Gasteiger partial charge is 0.290 e. The Morgan fingerprint density at radius 3 is 2.45 bits per heavy atom. The first kappa shape index (κ1) is 32.2. The normalized spacial score (nSPS) is 14.5. The van der Waals surface area contributed by atoms with Crippen molar-refractivity contribution in [3.05, 3.63) is 104 Å². The second-order valence-electron chi connectivity index (χ2n) is 13.2. The van der Waals surface area contributed by atoms with Crippen LogP contribution < -0.4 is 16.4 Å².